The zero-order valence-corrected chi connectivity index (χ0v) is 20.6. The summed E-state index contributed by atoms with van der Waals surface area (Å²) in [5.74, 6) is -0.454. The van der Waals surface area contributed by atoms with Crippen molar-refractivity contribution in [3.8, 4) is 0 Å². The fourth-order valence-corrected chi connectivity index (χ4v) is 3.82. The molecular formula is C30H34O6. The molecular weight excluding hydrogens is 456 g/mol. The quantitative estimate of drug-likeness (QED) is 0.118. The fourth-order valence-electron chi connectivity index (χ4n) is 3.82. The molecule has 0 aliphatic carbocycles. The molecule has 0 unspecified atom stereocenters. The minimum absolute atomic E-state index is 0.199. The van der Waals surface area contributed by atoms with Crippen molar-refractivity contribution in [2.75, 3.05) is 52.9 Å². The predicted octanol–water partition coefficient (Wildman–Crippen LogP) is 4.77. The van der Waals surface area contributed by atoms with Crippen LogP contribution in [0.4, 0.5) is 0 Å². The Hall–Kier alpha value is -3.29. The SMILES string of the molecule is C=CC(=O)OCCOCCOCCOCCOC(c1ccccc1)(c1ccccc1)c1ccccc1. The molecule has 6 nitrogen and oxygen atoms in total. The Morgan fingerprint density at radius 1 is 0.583 bits per heavy atom. The van der Waals surface area contributed by atoms with Gasteiger partial charge in [0.2, 0.25) is 0 Å². The Labute approximate surface area is 213 Å². The van der Waals surface area contributed by atoms with Crippen LogP contribution in [0.2, 0.25) is 0 Å². The largest absolute Gasteiger partial charge is 0.460 e. The fraction of sp³-hybridized carbons (Fsp3) is 0.300. The van der Waals surface area contributed by atoms with Crippen LogP contribution in [0.25, 0.3) is 0 Å². The van der Waals surface area contributed by atoms with E-state index in [0.717, 1.165) is 22.8 Å². The summed E-state index contributed by atoms with van der Waals surface area (Å²) in [5.41, 5.74) is 2.43. The van der Waals surface area contributed by atoms with E-state index >= 15 is 0 Å². The Bertz CT molecular complexity index is 911. The zero-order chi connectivity index (χ0) is 25.3. The van der Waals surface area contributed by atoms with Crippen LogP contribution in [-0.2, 0) is 34.1 Å². The molecule has 0 saturated carbocycles. The molecule has 3 rings (SSSR count). The zero-order valence-electron chi connectivity index (χ0n) is 20.6. The molecule has 0 atom stereocenters. The molecule has 36 heavy (non-hydrogen) atoms. The van der Waals surface area contributed by atoms with Crippen LogP contribution in [0.5, 0.6) is 0 Å². The lowest BCUT2D eigenvalue weighted by Crippen LogP contribution is -2.34. The maximum atomic E-state index is 10.9. The molecule has 190 valence electrons. The van der Waals surface area contributed by atoms with Gasteiger partial charge in [-0.25, -0.2) is 4.79 Å². The van der Waals surface area contributed by atoms with Gasteiger partial charge in [0.25, 0.3) is 0 Å². The van der Waals surface area contributed by atoms with Crippen molar-refractivity contribution in [2.24, 2.45) is 0 Å². The van der Waals surface area contributed by atoms with Crippen LogP contribution >= 0.6 is 0 Å². The van der Waals surface area contributed by atoms with Crippen molar-refractivity contribution >= 4 is 5.97 Å². The topological polar surface area (TPSA) is 63.2 Å². The summed E-state index contributed by atoms with van der Waals surface area (Å²) in [7, 11) is 0. The molecule has 3 aromatic rings. The molecule has 0 radical (unpaired) electrons. The first-order valence-electron chi connectivity index (χ1n) is 12.1. The number of hydrogen-bond donors (Lipinski definition) is 0. The summed E-state index contributed by atoms with van der Waals surface area (Å²) in [6.45, 7) is 6.46. The molecule has 6 heteroatoms. The van der Waals surface area contributed by atoms with Crippen molar-refractivity contribution in [2.45, 2.75) is 5.60 Å². The monoisotopic (exact) mass is 490 g/mol. The van der Waals surface area contributed by atoms with Crippen molar-refractivity contribution < 1.29 is 28.5 Å². The lowest BCUT2D eigenvalue weighted by molar-refractivity contribution is -0.139. The van der Waals surface area contributed by atoms with E-state index in [1.54, 1.807) is 0 Å². The molecule has 0 heterocycles. The van der Waals surface area contributed by atoms with Gasteiger partial charge in [0, 0.05) is 6.08 Å². The number of carbonyl (C=O) groups is 1. The minimum atomic E-state index is -0.749. The molecule has 0 N–H and O–H groups in total. The van der Waals surface area contributed by atoms with Crippen LogP contribution in [-0.4, -0.2) is 58.8 Å². The van der Waals surface area contributed by atoms with Crippen molar-refractivity contribution in [1.29, 1.82) is 0 Å². The summed E-state index contributed by atoms with van der Waals surface area (Å²) in [5, 5.41) is 0. The van der Waals surface area contributed by atoms with Gasteiger partial charge in [-0.3, -0.25) is 0 Å². The molecule has 0 saturated heterocycles. The normalized spacial score (nSPS) is 11.2. The first-order valence-corrected chi connectivity index (χ1v) is 12.1. The van der Waals surface area contributed by atoms with E-state index in [0.29, 0.717) is 46.2 Å². The lowest BCUT2D eigenvalue weighted by atomic mass is 9.80. The Morgan fingerprint density at radius 2 is 0.944 bits per heavy atom. The third-order valence-corrected chi connectivity index (χ3v) is 5.47. The first kappa shape index (κ1) is 27.3. The highest BCUT2D eigenvalue weighted by Crippen LogP contribution is 2.40. The second-order valence-corrected chi connectivity index (χ2v) is 7.84. The predicted molar refractivity (Wildman–Crippen MR) is 139 cm³/mol. The maximum absolute atomic E-state index is 10.9. The minimum Gasteiger partial charge on any atom is -0.460 e. The maximum Gasteiger partial charge on any atom is 0.330 e. The number of benzene rings is 3. The second-order valence-electron chi connectivity index (χ2n) is 7.84. The lowest BCUT2D eigenvalue weighted by Gasteiger charge is -2.36. The summed E-state index contributed by atoms with van der Waals surface area (Å²) >= 11 is 0. The average Bonchev–Trinajstić information content (AvgIpc) is 2.94. The van der Waals surface area contributed by atoms with E-state index in [2.05, 4.69) is 43.0 Å². The van der Waals surface area contributed by atoms with Gasteiger partial charge < -0.3 is 23.7 Å². The van der Waals surface area contributed by atoms with E-state index in [1.165, 1.54) is 0 Å². The van der Waals surface area contributed by atoms with E-state index in [-0.39, 0.29) is 6.61 Å². The highest BCUT2D eigenvalue weighted by atomic mass is 16.6. The third kappa shape index (κ3) is 8.14. The molecule has 0 bridgehead atoms. The summed E-state index contributed by atoms with van der Waals surface area (Å²) < 4.78 is 28.1. The molecule has 3 aromatic carbocycles. The summed E-state index contributed by atoms with van der Waals surface area (Å²) in [6, 6.07) is 30.8. The van der Waals surface area contributed by atoms with Gasteiger partial charge >= 0.3 is 5.97 Å². The Balaban J connectivity index is 1.47. The summed E-state index contributed by atoms with van der Waals surface area (Å²) in [6.07, 6.45) is 1.12. The Kier molecular flexibility index (Phi) is 11.9. The van der Waals surface area contributed by atoms with Crippen molar-refractivity contribution in [3.05, 3.63) is 120 Å². The van der Waals surface area contributed by atoms with Gasteiger partial charge in [-0.05, 0) is 16.7 Å². The molecule has 0 aliphatic heterocycles. The van der Waals surface area contributed by atoms with Gasteiger partial charge in [-0.1, -0.05) is 97.6 Å². The number of carbonyl (C=O) groups excluding carboxylic acids is 1. The van der Waals surface area contributed by atoms with Crippen LogP contribution in [0.15, 0.2) is 104 Å². The number of rotatable bonds is 17. The smallest absolute Gasteiger partial charge is 0.330 e. The summed E-state index contributed by atoms with van der Waals surface area (Å²) in [4.78, 5) is 10.9. The van der Waals surface area contributed by atoms with Gasteiger partial charge in [-0.2, -0.15) is 0 Å². The van der Waals surface area contributed by atoms with E-state index in [1.807, 2.05) is 54.6 Å². The van der Waals surface area contributed by atoms with Crippen LogP contribution < -0.4 is 0 Å². The average molecular weight is 491 g/mol. The van der Waals surface area contributed by atoms with E-state index in [4.69, 9.17) is 23.7 Å². The standard InChI is InChI=1S/C30H34O6/c1-2-29(31)35-24-22-33-20-18-32-19-21-34-23-25-36-30(26-12-6-3-7-13-26,27-14-8-4-9-15-27)28-16-10-5-11-17-28/h2-17H,1,18-25H2. The van der Waals surface area contributed by atoms with Gasteiger partial charge in [0.05, 0.1) is 46.2 Å². The van der Waals surface area contributed by atoms with E-state index < -0.39 is 11.6 Å². The molecule has 0 fully saturated rings. The van der Waals surface area contributed by atoms with Crippen LogP contribution in [0.1, 0.15) is 16.7 Å². The van der Waals surface area contributed by atoms with Crippen molar-refractivity contribution in [1.82, 2.24) is 0 Å². The first-order chi connectivity index (χ1) is 17.8. The van der Waals surface area contributed by atoms with Crippen LogP contribution in [0.3, 0.4) is 0 Å². The molecule has 0 spiro atoms. The molecule has 0 amide bonds. The third-order valence-electron chi connectivity index (χ3n) is 5.47. The Morgan fingerprint density at radius 3 is 1.33 bits per heavy atom. The highest BCUT2D eigenvalue weighted by molar-refractivity contribution is 5.81. The second kappa shape index (κ2) is 15.7. The van der Waals surface area contributed by atoms with E-state index in [9.17, 15) is 4.79 Å². The van der Waals surface area contributed by atoms with Crippen molar-refractivity contribution in [3.63, 3.8) is 0 Å². The van der Waals surface area contributed by atoms with Gasteiger partial charge in [0.1, 0.15) is 12.2 Å². The number of esters is 1. The van der Waals surface area contributed by atoms with Crippen LogP contribution in [0, 0.1) is 0 Å². The molecule has 0 aliphatic rings. The van der Waals surface area contributed by atoms with Gasteiger partial charge in [0.15, 0.2) is 0 Å². The highest BCUT2D eigenvalue weighted by Gasteiger charge is 2.37. The number of ether oxygens (including phenoxy) is 5. The molecule has 0 aromatic heterocycles. The number of hydrogen-bond acceptors (Lipinski definition) is 6. The van der Waals surface area contributed by atoms with Gasteiger partial charge in [-0.15, -0.1) is 0 Å².